The molecule has 0 atom stereocenters. The minimum absolute atomic E-state index is 0.161. The second kappa shape index (κ2) is 7.71. The molecule has 0 spiro atoms. The molecule has 148 valence electrons. The van der Waals surface area contributed by atoms with Gasteiger partial charge in [0, 0.05) is 15.5 Å². The number of carbonyl (C=O) groups is 1. The van der Waals surface area contributed by atoms with E-state index < -0.39 is 0 Å². The first kappa shape index (κ1) is 19.0. The molecule has 6 heteroatoms. The van der Waals surface area contributed by atoms with Crippen molar-refractivity contribution >= 4 is 45.2 Å². The van der Waals surface area contributed by atoms with Crippen LogP contribution in [0, 0.1) is 11.3 Å². The van der Waals surface area contributed by atoms with Gasteiger partial charge in [0.25, 0.3) is 5.91 Å². The van der Waals surface area contributed by atoms with Gasteiger partial charge in [0.2, 0.25) is 0 Å². The van der Waals surface area contributed by atoms with Gasteiger partial charge in [0.1, 0.15) is 16.8 Å². The predicted octanol–water partition coefficient (Wildman–Crippen LogP) is 5.82. The Bertz CT molecular complexity index is 1240. The second-order valence-corrected chi connectivity index (χ2v) is 8.95. The Morgan fingerprint density at radius 3 is 2.70 bits per heavy atom. The number of carbonyl (C=O) groups excluding carboxylic acids is 1. The molecule has 0 fully saturated rings. The Morgan fingerprint density at radius 2 is 1.87 bits per heavy atom. The maximum Gasteiger partial charge on any atom is 0.277 e. The van der Waals surface area contributed by atoms with Gasteiger partial charge in [0.05, 0.1) is 17.8 Å². The summed E-state index contributed by atoms with van der Waals surface area (Å²) >= 11 is 7.89. The van der Waals surface area contributed by atoms with Crippen molar-refractivity contribution in [3.63, 3.8) is 0 Å². The highest BCUT2D eigenvalue weighted by Crippen LogP contribution is 2.41. The molecule has 0 unspecified atom stereocenters. The molecule has 1 aromatic heterocycles. The summed E-state index contributed by atoms with van der Waals surface area (Å²) in [5.74, 6) is -0.161. The van der Waals surface area contributed by atoms with Crippen molar-refractivity contribution in [2.75, 3.05) is 4.90 Å². The molecule has 1 amide bonds. The second-order valence-electron chi connectivity index (χ2n) is 7.46. The fourth-order valence-electron chi connectivity index (χ4n) is 4.17. The zero-order valence-corrected chi connectivity index (χ0v) is 17.8. The van der Waals surface area contributed by atoms with E-state index in [1.165, 1.54) is 4.88 Å². The number of nitrogens with zero attached hydrogens (tertiary/aromatic N) is 3. The lowest BCUT2D eigenvalue weighted by Gasteiger charge is -2.17. The van der Waals surface area contributed by atoms with E-state index >= 15 is 0 Å². The number of aliphatic imine (C=N–C) groups is 1. The van der Waals surface area contributed by atoms with Crippen LogP contribution in [-0.2, 0) is 24.2 Å². The third kappa shape index (κ3) is 3.13. The van der Waals surface area contributed by atoms with Gasteiger partial charge in [0.15, 0.2) is 0 Å². The summed E-state index contributed by atoms with van der Waals surface area (Å²) in [6, 6.07) is 17.5. The highest BCUT2D eigenvalue weighted by molar-refractivity contribution is 7.16. The Balaban J connectivity index is 1.59. The van der Waals surface area contributed by atoms with Crippen molar-refractivity contribution < 1.29 is 4.79 Å². The van der Waals surface area contributed by atoms with Crippen LogP contribution in [0.1, 0.15) is 40.0 Å². The molecule has 30 heavy (non-hydrogen) atoms. The van der Waals surface area contributed by atoms with Gasteiger partial charge in [-0.25, -0.2) is 4.99 Å². The molecule has 0 saturated heterocycles. The molecular weight excluding hydrogens is 414 g/mol. The number of thiophene rings is 1. The third-order valence-electron chi connectivity index (χ3n) is 5.66. The van der Waals surface area contributed by atoms with Crippen LogP contribution in [0.15, 0.2) is 53.5 Å². The van der Waals surface area contributed by atoms with Gasteiger partial charge in [-0.3, -0.25) is 4.79 Å². The fourth-order valence-corrected chi connectivity index (χ4v) is 5.58. The fraction of sp³-hybridized carbons (Fsp3) is 0.208. The van der Waals surface area contributed by atoms with Crippen LogP contribution >= 0.6 is 22.9 Å². The molecule has 2 aliphatic rings. The number of anilines is 1. The molecule has 1 aliphatic heterocycles. The van der Waals surface area contributed by atoms with Crippen molar-refractivity contribution in [1.29, 1.82) is 5.26 Å². The van der Waals surface area contributed by atoms with Crippen molar-refractivity contribution in [3.05, 3.63) is 80.7 Å². The van der Waals surface area contributed by atoms with Gasteiger partial charge >= 0.3 is 0 Å². The molecule has 4 nitrogen and oxygen atoms in total. The van der Waals surface area contributed by atoms with E-state index in [-0.39, 0.29) is 5.91 Å². The van der Waals surface area contributed by atoms with Crippen molar-refractivity contribution in [2.24, 2.45) is 4.99 Å². The summed E-state index contributed by atoms with van der Waals surface area (Å²) < 4.78 is 0. The van der Waals surface area contributed by atoms with E-state index in [4.69, 9.17) is 16.6 Å². The molecule has 5 rings (SSSR count). The highest BCUT2D eigenvalue weighted by Gasteiger charge is 2.34. The van der Waals surface area contributed by atoms with Gasteiger partial charge in [-0.2, -0.15) is 5.26 Å². The average Bonchev–Trinajstić information content (AvgIpc) is 3.25. The number of aryl methyl sites for hydroxylation is 1. The van der Waals surface area contributed by atoms with Crippen molar-refractivity contribution in [3.8, 4) is 6.07 Å². The Hall–Kier alpha value is -2.94. The maximum atomic E-state index is 13.4. The molecule has 2 heterocycles. The number of amides is 1. The largest absolute Gasteiger partial charge is 0.302 e. The lowest BCUT2D eigenvalue weighted by molar-refractivity contribution is -0.112. The molecule has 0 N–H and O–H groups in total. The van der Waals surface area contributed by atoms with Crippen LogP contribution < -0.4 is 4.90 Å². The number of rotatable bonds is 3. The SMILES string of the molecule is N#Cc1c(/N=C2\C(=O)N(Cc3ccccc3Cl)c3ccccc32)sc2c1CCCC2. The van der Waals surface area contributed by atoms with E-state index in [2.05, 4.69) is 6.07 Å². The van der Waals surface area contributed by atoms with Gasteiger partial charge in [-0.1, -0.05) is 48.0 Å². The van der Waals surface area contributed by atoms with Crippen LogP contribution in [0.3, 0.4) is 0 Å². The zero-order valence-electron chi connectivity index (χ0n) is 16.2. The summed E-state index contributed by atoms with van der Waals surface area (Å²) in [5.41, 5.74) is 4.66. The molecule has 3 aromatic rings. The third-order valence-corrected chi connectivity index (χ3v) is 7.22. The number of fused-ring (bicyclic) bond motifs is 2. The maximum absolute atomic E-state index is 13.4. The van der Waals surface area contributed by atoms with Crippen LogP contribution in [0.2, 0.25) is 5.02 Å². The Morgan fingerprint density at radius 1 is 1.10 bits per heavy atom. The summed E-state index contributed by atoms with van der Waals surface area (Å²) in [6.07, 6.45) is 4.15. The number of para-hydroxylation sites is 1. The monoisotopic (exact) mass is 431 g/mol. The van der Waals surface area contributed by atoms with Crippen molar-refractivity contribution in [1.82, 2.24) is 0 Å². The van der Waals surface area contributed by atoms with Crippen LogP contribution in [0.5, 0.6) is 0 Å². The summed E-state index contributed by atoms with van der Waals surface area (Å²) in [5, 5.41) is 11.0. The number of hydrogen-bond acceptors (Lipinski definition) is 4. The van der Waals surface area contributed by atoms with Crippen LogP contribution in [-0.4, -0.2) is 11.6 Å². The van der Waals surface area contributed by atoms with E-state index in [1.54, 1.807) is 16.2 Å². The lowest BCUT2D eigenvalue weighted by atomic mass is 9.96. The average molecular weight is 432 g/mol. The number of benzene rings is 2. The number of hydrogen-bond donors (Lipinski definition) is 0. The van der Waals surface area contributed by atoms with Crippen LogP contribution in [0.4, 0.5) is 10.7 Å². The first-order chi connectivity index (χ1) is 14.7. The summed E-state index contributed by atoms with van der Waals surface area (Å²) in [6.45, 7) is 0.376. The normalized spacial score (nSPS) is 16.5. The van der Waals surface area contributed by atoms with Gasteiger partial charge in [-0.05, 0) is 48.9 Å². The Labute approximate surface area is 184 Å². The molecule has 0 bridgehead atoms. The van der Waals surface area contributed by atoms with E-state index in [0.29, 0.717) is 27.8 Å². The molecular formula is C24H18ClN3OS. The first-order valence-corrected chi connectivity index (χ1v) is 11.1. The topological polar surface area (TPSA) is 56.5 Å². The summed E-state index contributed by atoms with van der Waals surface area (Å²) in [4.78, 5) is 21.1. The van der Waals surface area contributed by atoms with Crippen LogP contribution in [0.25, 0.3) is 0 Å². The molecule has 1 aliphatic carbocycles. The highest BCUT2D eigenvalue weighted by atomic mass is 35.5. The van der Waals surface area contributed by atoms with Crippen molar-refractivity contribution in [2.45, 2.75) is 32.2 Å². The minimum Gasteiger partial charge on any atom is -0.302 e. The smallest absolute Gasteiger partial charge is 0.277 e. The Kier molecular flexibility index (Phi) is 4.90. The standard InChI is InChI=1S/C24H18ClN3OS/c25-19-10-4-1-7-15(19)14-28-20-11-5-2-9-17(20)22(24(28)29)27-23-18(13-26)16-8-3-6-12-21(16)30-23/h1-2,4-5,7,9-11H,3,6,8,12,14H2/b27-22-. The number of halogens is 1. The van der Waals surface area contributed by atoms with Gasteiger partial charge in [-0.15, -0.1) is 11.3 Å². The van der Waals surface area contributed by atoms with E-state index in [9.17, 15) is 10.1 Å². The number of nitriles is 1. The quantitative estimate of drug-likeness (QED) is 0.524. The molecule has 2 aromatic carbocycles. The first-order valence-electron chi connectivity index (χ1n) is 9.95. The molecule has 0 radical (unpaired) electrons. The lowest BCUT2D eigenvalue weighted by Crippen LogP contribution is -2.29. The predicted molar refractivity (Wildman–Crippen MR) is 121 cm³/mol. The van der Waals surface area contributed by atoms with Gasteiger partial charge < -0.3 is 4.90 Å². The minimum atomic E-state index is -0.161. The summed E-state index contributed by atoms with van der Waals surface area (Å²) in [7, 11) is 0. The van der Waals surface area contributed by atoms with E-state index in [1.807, 2.05) is 48.5 Å². The molecule has 0 saturated carbocycles. The van der Waals surface area contributed by atoms with E-state index in [0.717, 1.165) is 48.1 Å². The zero-order chi connectivity index (χ0) is 20.7.